The first kappa shape index (κ1) is 12.3. The van der Waals surface area contributed by atoms with Crippen LogP contribution in [0.5, 0.6) is 0 Å². The van der Waals surface area contributed by atoms with Gasteiger partial charge in [0.05, 0.1) is 4.92 Å². The number of nitrogens with zero attached hydrogens (tertiary/aromatic N) is 2. The molecule has 2 N–H and O–H groups in total. The molecule has 0 saturated carbocycles. The molecule has 2 rings (SSSR count). The van der Waals surface area contributed by atoms with Crippen LogP contribution in [0, 0.1) is 15.9 Å². The van der Waals surface area contributed by atoms with Crippen LogP contribution in [0.3, 0.4) is 0 Å². The smallest absolute Gasteiger partial charge is 0.311 e. The number of hydrogen-bond donors (Lipinski definition) is 1. The van der Waals surface area contributed by atoms with Gasteiger partial charge in [-0.3, -0.25) is 10.1 Å². The Morgan fingerprint density at radius 2 is 2.00 bits per heavy atom. The Kier molecular flexibility index (Phi) is 3.42. The largest absolute Gasteiger partial charge is 0.378 e. The summed E-state index contributed by atoms with van der Waals surface area (Å²) in [5.74, 6) is -0.553. The predicted octanol–water partition coefficient (Wildman–Crippen LogP) is 2.86. The van der Waals surface area contributed by atoms with Crippen molar-refractivity contribution in [1.82, 2.24) is 4.98 Å². The molecule has 5 nitrogen and oxygen atoms in total. The topological polar surface area (TPSA) is 82.0 Å². The van der Waals surface area contributed by atoms with E-state index >= 15 is 0 Å². The Morgan fingerprint density at radius 1 is 1.28 bits per heavy atom. The van der Waals surface area contributed by atoms with Crippen LogP contribution in [-0.2, 0) is 0 Å². The number of rotatable bonds is 3. The molecule has 0 radical (unpaired) electrons. The van der Waals surface area contributed by atoms with Gasteiger partial charge in [0.15, 0.2) is 0 Å². The normalized spacial score (nSPS) is 10.3. The van der Waals surface area contributed by atoms with Gasteiger partial charge in [0.2, 0.25) is 5.82 Å². The van der Waals surface area contributed by atoms with Gasteiger partial charge in [-0.15, -0.1) is 0 Å². The predicted molar refractivity (Wildman–Crippen MR) is 65.8 cm³/mol. The number of nitro groups is 1. The van der Waals surface area contributed by atoms with Crippen molar-refractivity contribution in [1.29, 1.82) is 0 Å². The second-order valence-electron chi connectivity index (χ2n) is 3.34. The van der Waals surface area contributed by atoms with Crippen molar-refractivity contribution in [2.45, 2.75) is 9.92 Å². The van der Waals surface area contributed by atoms with Gasteiger partial charge in [0.1, 0.15) is 10.8 Å². The Hall–Kier alpha value is -2.15. The van der Waals surface area contributed by atoms with E-state index in [0.717, 1.165) is 11.8 Å². The Labute approximate surface area is 106 Å². The number of benzene rings is 1. The van der Waals surface area contributed by atoms with Crippen LogP contribution < -0.4 is 5.73 Å². The fourth-order valence-electron chi connectivity index (χ4n) is 1.30. The second kappa shape index (κ2) is 5.01. The number of nitrogens with two attached hydrogens (primary N) is 1. The van der Waals surface area contributed by atoms with Gasteiger partial charge in [0.25, 0.3) is 0 Å². The lowest BCUT2D eigenvalue weighted by Crippen LogP contribution is -1.98. The summed E-state index contributed by atoms with van der Waals surface area (Å²) in [6, 6.07) is 8.89. The van der Waals surface area contributed by atoms with E-state index in [1.165, 1.54) is 18.2 Å². The fraction of sp³-hybridized carbons (Fsp3) is 0. The number of hydrogen-bond acceptors (Lipinski definition) is 5. The highest BCUT2D eigenvalue weighted by molar-refractivity contribution is 7.99. The van der Waals surface area contributed by atoms with Crippen LogP contribution in [0.25, 0.3) is 0 Å². The molecule has 2 aromatic rings. The van der Waals surface area contributed by atoms with E-state index in [0.29, 0.717) is 9.92 Å². The highest BCUT2D eigenvalue weighted by Gasteiger charge is 2.14. The van der Waals surface area contributed by atoms with Crippen molar-refractivity contribution < 1.29 is 9.31 Å². The molecule has 0 fully saturated rings. The third-order valence-corrected chi connectivity index (χ3v) is 3.11. The maximum absolute atomic E-state index is 13.4. The molecule has 1 heterocycles. The first-order chi connectivity index (χ1) is 8.58. The van der Waals surface area contributed by atoms with Crippen molar-refractivity contribution in [2.75, 3.05) is 5.73 Å². The zero-order valence-corrected chi connectivity index (χ0v) is 9.86. The monoisotopic (exact) mass is 265 g/mol. The van der Waals surface area contributed by atoms with Gasteiger partial charge >= 0.3 is 5.69 Å². The van der Waals surface area contributed by atoms with Crippen LogP contribution in [0.1, 0.15) is 0 Å². The van der Waals surface area contributed by atoms with Gasteiger partial charge in [-0.25, -0.2) is 9.37 Å². The van der Waals surface area contributed by atoms with Crippen molar-refractivity contribution in [3.63, 3.8) is 0 Å². The molecule has 1 aromatic carbocycles. The average Bonchev–Trinajstić information content (AvgIpc) is 2.32. The Morgan fingerprint density at radius 3 is 2.61 bits per heavy atom. The summed E-state index contributed by atoms with van der Waals surface area (Å²) in [4.78, 5) is 14.2. The lowest BCUT2D eigenvalue weighted by Gasteiger charge is -2.03. The lowest BCUT2D eigenvalue weighted by atomic mass is 10.3. The summed E-state index contributed by atoms with van der Waals surface area (Å²) in [5.41, 5.74) is 5.20. The first-order valence-corrected chi connectivity index (χ1v) is 5.73. The minimum absolute atomic E-state index is 0.179. The standard InChI is InChI=1S/C11H8FN3O2S/c12-7-3-1-2-4-9(7)18-10-6-5-8(15(16)17)11(13)14-10/h1-6H,(H2,13,14). The zero-order valence-electron chi connectivity index (χ0n) is 9.04. The van der Waals surface area contributed by atoms with Crippen LogP contribution in [0.4, 0.5) is 15.9 Å². The van der Waals surface area contributed by atoms with Crippen molar-refractivity contribution in [2.24, 2.45) is 0 Å². The number of aromatic nitrogens is 1. The molecule has 0 unspecified atom stereocenters. The molecule has 0 spiro atoms. The molecule has 0 atom stereocenters. The molecule has 0 aliphatic rings. The van der Waals surface area contributed by atoms with Gasteiger partial charge < -0.3 is 5.73 Å². The van der Waals surface area contributed by atoms with Crippen molar-refractivity contribution in [3.05, 3.63) is 52.3 Å². The van der Waals surface area contributed by atoms with Crippen molar-refractivity contribution in [3.8, 4) is 0 Å². The van der Waals surface area contributed by atoms with E-state index in [4.69, 9.17) is 5.73 Å². The molecule has 18 heavy (non-hydrogen) atoms. The highest BCUT2D eigenvalue weighted by Crippen LogP contribution is 2.30. The van der Waals surface area contributed by atoms with Crippen LogP contribution in [0.15, 0.2) is 46.3 Å². The van der Waals surface area contributed by atoms with E-state index in [2.05, 4.69) is 4.98 Å². The van der Waals surface area contributed by atoms with Crippen LogP contribution in [0.2, 0.25) is 0 Å². The molecular weight excluding hydrogens is 257 g/mol. The summed E-state index contributed by atoms with van der Waals surface area (Å²) in [6.07, 6.45) is 0. The third-order valence-electron chi connectivity index (χ3n) is 2.12. The highest BCUT2D eigenvalue weighted by atomic mass is 32.2. The van der Waals surface area contributed by atoms with Crippen LogP contribution in [-0.4, -0.2) is 9.91 Å². The maximum atomic E-state index is 13.4. The minimum Gasteiger partial charge on any atom is -0.378 e. The number of nitrogen functional groups attached to an aromatic ring is 1. The van der Waals surface area contributed by atoms with E-state index in [1.807, 2.05) is 0 Å². The third kappa shape index (κ3) is 2.57. The molecular formula is C11H8FN3O2S. The molecule has 0 amide bonds. The summed E-state index contributed by atoms with van der Waals surface area (Å²) in [6.45, 7) is 0. The minimum atomic E-state index is -0.611. The van der Waals surface area contributed by atoms with E-state index in [9.17, 15) is 14.5 Å². The SMILES string of the molecule is Nc1nc(Sc2ccccc2F)ccc1[N+](=O)[O-]. The summed E-state index contributed by atoms with van der Waals surface area (Å²) >= 11 is 1.06. The molecule has 0 aliphatic carbocycles. The van der Waals surface area contributed by atoms with Gasteiger partial charge in [-0.2, -0.15) is 0 Å². The van der Waals surface area contributed by atoms with E-state index in [-0.39, 0.29) is 17.3 Å². The lowest BCUT2D eigenvalue weighted by molar-refractivity contribution is -0.384. The van der Waals surface area contributed by atoms with Crippen LogP contribution >= 0.6 is 11.8 Å². The Balaban J connectivity index is 2.29. The Bertz CT molecular complexity index is 607. The summed E-state index contributed by atoms with van der Waals surface area (Å²) in [5, 5.41) is 11.0. The summed E-state index contributed by atoms with van der Waals surface area (Å²) < 4.78 is 13.4. The summed E-state index contributed by atoms with van der Waals surface area (Å²) in [7, 11) is 0. The zero-order chi connectivity index (χ0) is 13.1. The average molecular weight is 265 g/mol. The maximum Gasteiger partial charge on any atom is 0.311 e. The molecule has 7 heteroatoms. The quantitative estimate of drug-likeness (QED) is 0.681. The second-order valence-corrected chi connectivity index (χ2v) is 4.41. The van der Waals surface area contributed by atoms with Gasteiger partial charge in [0, 0.05) is 11.0 Å². The molecule has 0 bridgehead atoms. The number of anilines is 1. The first-order valence-electron chi connectivity index (χ1n) is 4.91. The molecule has 0 aliphatic heterocycles. The van der Waals surface area contributed by atoms with Crippen molar-refractivity contribution >= 4 is 23.3 Å². The number of halogens is 1. The fourth-order valence-corrected chi connectivity index (χ4v) is 2.12. The molecule has 1 aromatic heterocycles. The van der Waals surface area contributed by atoms with Gasteiger partial charge in [-0.1, -0.05) is 23.9 Å². The van der Waals surface area contributed by atoms with Gasteiger partial charge in [-0.05, 0) is 18.2 Å². The molecule has 0 saturated heterocycles. The number of pyridine rings is 1. The molecule has 92 valence electrons. The van der Waals surface area contributed by atoms with E-state index < -0.39 is 4.92 Å². The van der Waals surface area contributed by atoms with E-state index in [1.54, 1.807) is 18.2 Å².